The van der Waals surface area contributed by atoms with Crippen molar-refractivity contribution >= 4 is 5.69 Å². The van der Waals surface area contributed by atoms with Gasteiger partial charge in [0.15, 0.2) is 5.82 Å². The third kappa shape index (κ3) is 4.22. The molecule has 0 N–H and O–H groups in total. The normalized spacial score (nSPS) is 16.2. The van der Waals surface area contributed by atoms with Gasteiger partial charge >= 0.3 is 0 Å². The van der Waals surface area contributed by atoms with Crippen molar-refractivity contribution in [3.63, 3.8) is 0 Å². The van der Waals surface area contributed by atoms with E-state index in [-0.39, 0.29) is 6.04 Å². The fourth-order valence-corrected chi connectivity index (χ4v) is 4.00. The first-order chi connectivity index (χ1) is 13.8. The molecule has 0 unspecified atom stereocenters. The van der Waals surface area contributed by atoms with Gasteiger partial charge in [-0.25, -0.2) is 4.68 Å². The van der Waals surface area contributed by atoms with E-state index in [1.807, 2.05) is 10.7 Å². The van der Waals surface area contributed by atoms with Crippen LogP contribution in [0.2, 0.25) is 0 Å². The molecule has 1 aromatic heterocycles. The Morgan fingerprint density at radius 3 is 2.25 bits per heavy atom. The number of tetrazole rings is 1. The maximum atomic E-state index is 4.43. The Kier molecular flexibility index (Phi) is 5.97. The van der Waals surface area contributed by atoms with Gasteiger partial charge in [0.2, 0.25) is 0 Å². The van der Waals surface area contributed by atoms with Crippen LogP contribution in [0.1, 0.15) is 37.2 Å². The summed E-state index contributed by atoms with van der Waals surface area (Å²) >= 11 is 0. The number of rotatable bonds is 7. The van der Waals surface area contributed by atoms with Crippen LogP contribution < -0.4 is 4.90 Å². The van der Waals surface area contributed by atoms with Crippen molar-refractivity contribution in [2.45, 2.75) is 32.4 Å². The van der Waals surface area contributed by atoms with E-state index >= 15 is 0 Å². The van der Waals surface area contributed by atoms with Gasteiger partial charge in [0, 0.05) is 31.9 Å². The third-order valence-electron chi connectivity index (χ3n) is 5.47. The number of hydrogen-bond donors (Lipinski definition) is 0. The Morgan fingerprint density at radius 1 is 0.893 bits per heavy atom. The molecule has 2 aromatic carbocycles. The van der Waals surface area contributed by atoms with Gasteiger partial charge in [0.05, 0.1) is 12.6 Å². The largest absolute Gasteiger partial charge is 0.369 e. The highest BCUT2D eigenvalue weighted by molar-refractivity contribution is 5.46. The summed E-state index contributed by atoms with van der Waals surface area (Å²) in [5, 5.41) is 12.7. The van der Waals surface area contributed by atoms with Crippen molar-refractivity contribution in [3.8, 4) is 0 Å². The molecule has 2 heterocycles. The standard InChI is InChI=1S/C22H28N6/c1-2-9-21(22-23-24-25-28(22)18-19-10-5-3-6-11-19)27-16-14-26(15-17-27)20-12-7-4-8-13-20/h3-8,10-13,21H,2,9,14-18H2,1H3/t21-/m1/s1. The van der Waals surface area contributed by atoms with E-state index in [1.165, 1.54) is 11.3 Å². The van der Waals surface area contributed by atoms with E-state index in [9.17, 15) is 0 Å². The topological polar surface area (TPSA) is 50.1 Å². The summed E-state index contributed by atoms with van der Waals surface area (Å²) in [6.07, 6.45) is 2.18. The van der Waals surface area contributed by atoms with Gasteiger partial charge in [-0.2, -0.15) is 0 Å². The average molecular weight is 377 g/mol. The van der Waals surface area contributed by atoms with Gasteiger partial charge in [0.1, 0.15) is 0 Å². The number of anilines is 1. The molecular formula is C22H28N6. The predicted molar refractivity (Wildman–Crippen MR) is 111 cm³/mol. The quantitative estimate of drug-likeness (QED) is 0.633. The van der Waals surface area contributed by atoms with E-state index in [0.717, 1.165) is 44.8 Å². The van der Waals surface area contributed by atoms with Crippen molar-refractivity contribution in [1.29, 1.82) is 0 Å². The Labute approximate surface area is 166 Å². The van der Waals surface area contributed by atoms with Crippen LogP contribution in [-0.4, -0.2) is 51.3 Å². The zero-order valence-electron chi connectivity index (χ0n) is 16.5. The molecule has 6 nitrogen and oxygen atoms in total. The minimum absolute atomic E-state index is 0.265. The van der Waals surface area contributed by atoms with Crippen LogP contribution in [0.4, 0.5) is 5.69 Å². The molecule has 1 saturated heterocycles. The Bertz CT molecular complexity index is 840. The molecule has 146 valence electrons. The minimum atomic E-state index is 0.265. The van der Waals surface area contributed by atoms with Crippen LogP contribution in [0.3, 0.4) is 0 Å². The predicted octanol–water partition coefficient (Wildman–Crippen LogP) is 3.38. The van der Waals surface area contributed by atoms with Crippen molar-refractivity contribution < 1.29 is 0 Å². The molecule has 0 saturated carbocycles. The lowest BCUT2D eigenvalue weighted by molar-refractivity contribution is 0.164. The molecule has 3 aromatic rings. The first-order valence-corrected chi connectivity index (χ1v) is 10.2. The zero-order valence-corrected chi connectivity index (χ0v) is 16.5. The Balaban J connectivity index is 1.47. The number of para-hydroxylation sites is 1. The second-order valence-corrected chi connectivity index (χ2v) is 7.34. The third-order valence-corrected chi connectivity index (χ3v) is 5.47. The molecule has 1 fully saturated rings. The number of nitrogens with zero attached hydrogens (tertiary/aromatic N) is 6. The second-order valence-electron chi connectivity index (χ2n) is 7.34. The molecule has 1 atom stereocenters. The van der Waals surface area contributed by atoms with Gasteiger partial charge in [0.25, 0.3) is 0 Å². The molecule has 0 amide bonds. The van der Waals surface area contributed by atoms with Crippen LogP contribution in [0.5, 0.6) is 0 Å². The van der Waals surface area contributed by atoms with Gasteiger partial charge in [-0.1, -0.05) is 61.9 Å². The van der Waals surface area contributed by atoms with Crippen LogP contribution >= 0.6 is 0 Å². The van der Waals surface area contributed by atoms with Crippen LogP contribution in [-0.2, 0) is 6.54 Å². The molecule has 1 aliphatic rings. The smallest absolute Gasteiger partial charge is 0.168 e. The summed E-state index contributed by atoms with van der Waals surface area (Å²) in [7, 11) is 0. The molecule has 4 rings (SSSR count). The first-order valence-electron chi connectivity index (χ1n) is 10.2. The van der Waals surface area contributed by atoms with Gasteiger partial charge < -0.3 is 4.90 Å². The molecule has 1 aliphatic heterocycles. The number of piperazine rings is 1. The van der Waals surface area contributed by atoms with E-state index in [4.69, 9.17) is 0 Å². The summed E-state index contributed by atoms with van der Waals surface area (Å²) in [5.74, 6) is 0.985. The lowest BCUT2D eigenvalue weighted by Crippen LogP contribution is -2.48. The first kappa shape index (κ1) is 18.6. The molecule has 0 aliphatic carbocycles. The second kappa shape index (κ2) is 8.97. The van der Waals surface area contributed by atoms with E-state index in [1.54, 1.807) is 0 Å². The monoisotopic (exact) mass is 376 g/mol. The highest BCUT2D eigenvalue weighted by Gasteiger charge is 2.28. The zero-order chi connectivity index (χ0) is 19.2. The highest BCUT2D eigenvalue weighted by Crippen LogP contribution is 2.26. The maximum absolute atomic E-state index is 4.43. The fraction of sp³-hybridized carbons (Fsp3) is 0.409. The number of benzene rings is 2. The number of aromatic nitrogens is 4. The van der Waals surface area contributed by atoms with Crippen LogP contribution in [0.15, 0.2) is 60.7 Å². The minimum Gasteiger partial charge on any atom is -0.369 e. The van der Waals surface area contributed by atoms with Crippen LogP contribution in [0.25, 0.3) is 0 Å². The van der Waals surface area contributed by atoms with Crippen molar-refractivity contribution in [1.82, 2.24) is 25.1 Å². The molecule has 6 heteroatoms. The molecule has 0 bridgehead atoms. The summed E-state index contributed by atoms with van der Waals surface area (Å²) in [5.41, 5.74) is 2.53. The fourth-order valence-electron chi connectivity index (χ4n) is 4.00. The summed E-state index contributed by atoms with van der Waals surface area (Å²) in [4.78, 5) is 5.02. The lowest BCUT2D eigenvalue weighted by atomic mass is 10.1. The maximum Gasteiger partial charge on any atom is 0.168 e. The molecule has 0 spiro atoms. The van der Waals surface area contributed by atoms with Crippen molar-refractivity contribution in [2.24, 2.45) is 0 Å². The molecular weight excluding hydrogens is 348 g/mol. The van der Waals surface area contributed by atoms with Crippen molar-refractivity contribution in [3.05, 3.63) is 72.1 Å². The van der Waals surface area contributed by atoms with Gasteiger partial charge in [-0.05, 0) is 34.5 Å². The SMILES string of the molecule is CCC[C@H](c1nnnn1Cc1ccccc1)N1CCN(c2ccccc2)CC1. The summed E-state index contributed by atoms with van der Waals surface area (Å²) in [6, 6.07) is 21.4. The van der Waals surface area contributed by atoms with Gasteiger partial charge in [-0.3, -0.25) is 4.90 Å². The van der Waals surface area contributed by atoms with E-state index in [2.05, 4.69) is 86.8 Å². The number of hydrogen-bond acceptors (Lipinski definition) is 5. The highest BCUT2D eigenvalue weighted by atomic mass is 15.6. The van der Waals surface area contributed by atoms with Crippen LogP contribution in [0, 0.1) is 0 Å². The Hall–Kier alpha value is -2.73. The van der Waals surface area contributed by atoms with Gasteiger partial charge in [-0.15, -0.1) is 5.10 Å². The lowest BCUT2D eigenvalue weighted by Gasteiger charge is -2.39. The van der Waals surface area contributed by atoms with Crippen molar-refractivity contribution in [2.75, 3.05) is 31.1 Å². The van der Waals surface area contributed by atoms with E-state index < -0.39 is 0 Å². The summed E-state index contributed by atoms with van der Waals surface area (Å²) < 4.78 is 1.97. The summed E-state index contributed by atoms with van der Waals surface area (Å²) in [6.45, 7) is 7.07. The molecule has 28 heavy (non-hydrogen) atoms. The molecule has 0 radical (unpaired) electrons. The Morgan fingerprint density at radius 2 is 1.57 bits per heavy atom. The van der Waals surface area contributed by atoms with E-state index in [0.29, 0.717) is 6.54 Å². The average Bonchev–Trinajstić information content (AvgIpc) is 3.21.